The Morgan fingerprint density at radius 2 is 1.88 bits per heavy atom. The predicted molar refractivity (Wildman–Crippen MR) is 151 cm³/mol. The van der Waals surface area contributed by atoms with Crippen molar-refractivity contribution in [3.05, 3.63) is 77.2 Å². The molecule has 2 aromatic carbocycles. The molecule has 220 valence electrons. The molecular weight excluding hydrogens is 569 g/mol. The van der Waals surface area contributed by atoms with Gasteiger partial charge in [0.1, 0.15) is 18.3 Å². The van der Waals surface area contributed by atoms with Gasteiger partial charge in [-0.2, -0.15) is 18.0 Å². The fourth-order valence-corrected chi connectivity index (χ4v) is 5.61. The fourth-order valence-electron chi connectivity index (χ4n) is 4.96. The quantitative estimate of drug-likeness (QED) is 0.253. The average molecular weight is 599 g/mol. The molecule has 1 fully saturated rings. The molecular formula is C29H29F3N6O3S. The standard InChI is InChI=1S/C29H29F3N6O3S/c1-2-41-23-14-12-19(13-15-23)26(28(40)33-21-8-3-4-9-21)38(22-10-5-7-20(17-22)29(30,31)32)25(39)18-37-35-27(34-36-37)24-11-6-16-42-24/h5-7,10-17,21,26H,2-4,8-9,18H2,1H3,(H,33,40). The molecule has 1 unspecified atom stereocenters. The lowest BCUT2D eigenvalue weighted by Gasteiger charge is -2.32. The molecule has 1 saturated carbocycles. The van der Waals surface area contributed by atoms with Gasteiger partial charge in [0.25, 0.3) is 5.91 Å². The van der Waals surface area contributed by atoms with E-state index < -0.39 is 36.1 Å². The van der Waals surface area contributed by atoms with Crippen LogP contribution in [0.25, 0.3) is 10.7 Å². The lowest BCUT2D eigenvalue weighted by atomic mass is 10.0. The van der Waals surface area contributed by atoms with Crippen molar-refractivity contribution in [2.75, 3.05) is 11.5 Å². The highest BCUT2D eigenvalue weighted by molar-refractivity contribution is 7.13. The first kappa shape index (κ1) is 29.2. The Morgan fingerprint density at radius 1 is 1.12 bits per heavy atom. The Hall–Kier alpha value is -4.26. The molecule has 1 aliphatic rings. The second-order valence-electron chi connectivity index (χ2n) is 9.83. The Kier molecular flexibility index (Phi) is 8.86. The summed E-state index contributed by atoms with van der Waals surface area (Å²) in [7, 11) is 0. The largest absolute Gasteiger partial charge is 0.494 e. The molecule has 0 radical (unpaired) electrons. The Bertz CT molecular complexity index is 1500. The van der Waals surface area contributed by atoms with Crippen LogP contribution in [0.2, 0.25) is 0 Å². The zero-order valence-corrected chi connectivity index (χ0v) is 23.6. The molecule has 2 amide bonds. The van der Waals surface area contributed by atoms with E-state index >= 15 is 0 Å². The molecule has 42 heavy (non-hydrogen) atoms. The van der Waals surface area contributed by atoms with E-state index in [-0.39, 0.29) is 11.7 Å². The maximum atomic E-state index is 14.0. The summed E-state index contributed by atoms with van der Waals surface area (Å²) in [5, 5.41) is 17.1. The minimum absolute atomic E-state index is 0.0890. The number of amides is 2. The van der Waals surface area contributed by atoms with E-state index in [1.54, 1.807) is 30.3 Å². The molecule has 0 aliphatic heterocycles. The van der Waals surface area contributed by atoms with Gasteiger partial charge in [0, 0.05) is 11.7 Å². The van der Waals surface area contributed by atoms with Gasteiger partial charge in [-0.05, 0) is 72.3 Å². The van der Waals surface area contributed by atoms with Crippen molar-refractivity contribution in [2.24, 2.45) is 0 Å². The molecule has 4 aromatic rings. The summed E-state index contributed by atoms with van der Waals surface area (Å²) >= 11 is 1.40. The van der Waals surface area contributed by atoms with Gasteiger partial charge in [-0.25, -0.2) is 0 Å². The number of rotatable bonds is 10. The van der Waals surface area contributed by atoms with Gasteiger partial charge in [-0.1, -0.05) is 37.1 Å². The van der Waals surface area contributed by atoms with E-state index in [9.17, 15) is 22.8 Å². The molecule has 0 saturated heterocycles. The number of hydrogen-bond donors (Lipinski definition) is 1. The third kappa shape index (κ3) is 6.78. The molecule has 0 spiro atoms. The van der Waals surface area contributed by atoms with Gasteiger partial charge >= 0.3 is 6.18 Å². The number of alkyl halides is 3. The van der Waals surface area contributed by atoms with Gasteiger partial charge in [0.15, 0.2) is 0 Å². The van der Waals surface area contributed by atoms with Gasteiger partial charge < -0.3 is 10.1 Å². The van der Waals surface area contributed by atoms with Crippen molar-refractivity contribution in [3.8, 4) is 16.5 Å². The number of anilines is 1. The highest BCUT2D eigenvalue weighted by Crippen LogP contribution is 2.35. The van der Waals surface area contributed by atoms with Crippen molar-refractivity contribution in [1.82, 2.24) is 25.5 Å². The molecule has 2 heterocycles. The first-order chi connectivity index (χ1) is 20.2. The van der Waals surface area contributed by atoms with Crippen LogP contribution in [0.1, 0.15) is 49.8 Å². The van der Waals surface area contributed by atoms with Crippen LogP contribution in [0.4, 0.5) is 18.9 Å². The van der Waals surface area contributed by atoms with Crippen molar-refractivity contribution in [1.29, 1.82) is 0 Å². The number of hydrogen-bond acceptors (Lipinski definition) is 7. The van der Waals surface area contributed by atoms with Gasteiger partial charge in [0.2, 0.25) is 11.7 Å². The van der Waals surface area contributed by atoms with E-state index in [0.717, 1.165) is 52.4 Å². The molecule has 13 heteroatoms. The fraction of sp³-hybridized carbons (Fsp3) is 0.345. The summed E-state index contributed by atoms with van der Waals surface area (Å²) in [5.74, 6) is -0.320. The minimum atomic E-state index is -4.66. The second-order valence-corrected chi connectivity index (χ2v) is 10.8. The first-order valence-corrected chi connectivity index (χ1v) is 14.4. The number of carbonyl (C=O) groups excluding carboxylic acids is 2. The van der Waals surface area contributed by atoms with Gasteiger partial charge in [-0.3, -0.25) is 14.5 Å². The summed E-state index contributed by atoms with van der Waals surface area (Å²) in [5.41, 5.74) is -0.627. The Labute approximate surface area is 244 Å². The molecule has 2 aromatic heterocycles. The second kappa shape index (κ2) is 12.7. The normalized spacial score (nSPS) is 14.5. The molecule has 9 nitrogen and oxygen atoms in total. The van der Waals surface area contributed by atoms with Crippen LogP contribution >= 0.6 is 11.3 Å². The third-order valence-electron chi connectivity index (χ3n) is 6.91. The Morgan fingerprint density at radius 3 is 2.55 bits per heavy atom. The Balaban J connectivity index is 1.56. The predicted octanol–water partition coefficient (Wildman–Crippen LogP) is 5.65. The smallest absolute Gasteiger partial charge is 0.416 e. The highest BCUT2D eigenvalue weighted by Gasteiger charge is 2.37. The van der Waals surface area contributed by atoms with Gasteiger partial charge in [-0.15, -0.1) is 21.5 Å². The lowest BCUT2D eigenvalue weighted by molar-refractivity contribution is -0.137. The average Bonchev–Trinajstić information content (AvgIpc) is 3.75. The number of nitrogens with zero attached hydrogens (tertiary/aromatic N) is 5. The summed E-state index contributed by atoms with van der Waals surface area (Å²) < 4.78 is 46.8. The molecule has 5 rings (SSSR count). The summed E-state index contributed by atoms with van der Waals surface area (Å²) in [6.45, 7) is 1.80. The van der Waals surface area contributed by atoms with Crippen molar-refractivity contribution in [2.45, 2.75) is 57.4 Å². The zero-order valence-electron chi connectivity index (χ0n) is 22.8. The molecule has 1 atom stereocenters. The highest BCUT2D eigenvalue weighted by atomic mass is 32.1. The lowest BCUT2D eigenvalue weighted by Crippen LogP contribution is -2.47. The van der Waals surface area contributed by atoms with Crippen LogP contribution in [-0.2, 0) is 22.3 Å². The number of nitrogens with one attached hydrogen (secondary N) is 1. The van der Waals surface area contributed by atoms with Crippen LogP contribution in [0.5, 0.6) is 5.75 Å². The monoisotopic (exact) mass is 598 g/mol. The van der Waals surface area contributed by atoms with Crippen molar-refractivity contribution < 1.29 is 27.5 Å². The maximum Gasteiger partial charge on any atom is 0.416 e. The van der Waals surface area contributed by atoms with E-state index in [0.29, 0.717) is 23.7 Å². The molecule has 1 aliphatic carbocycles. The van der Waals surface area contributed by atoms with Crippen molar-refractivity contribution in [3.63, 3.8) is 0 Å². The van der Waals surface area contributed by atoms with Crippen molar-refractivity contribution >= 4 is 28.8 Å². The SMILES string of the molecule is CCOc1ccc(C(C(=O)NC2CCCC2)N(C(=O)Cn2nnc(-c3cccs3)n2)c2cccc(C(F)(F)F)c2)cc1. The zero-order chi connectivity index (χ0) is 29.7. The van der Waals surface area contributed by atoms with E-state index in [1.807, 2.05) is 18.4 Å². The van der Waals surface area contributed by atoms with Crippen LogP contribution in [0.15, 0.2) is 66.0 Å². The number of halogens is 3. The number of aromatic nitrogens is 4. The number of tetrazole rings is 1. The van der Waals surface area contributed by atoms with Crippen LogP contribution in [0.3, 0.4) is 0 Å². The minimum Gasteiger partial charge on any atom is -0.494 e. The summed E-state index contributed by atoms with van der Waals surface area (Å²) in [6.07, 6.45) is -1.17. The summed E-state index contributed by atoms with van der Waals surface area (Å²) in [4.78, 5) is 30.8. The number of ether oxygens (including phenoxy) is 1. The molecule has 0 bridgehead atoms. The van der Waals surface area contributed by atoms with E-state index in [1.165, 1.54) is 23.5 Å². The first-order valence-electron chi connectivity index (χ1n) is 13.6. The van der Waals surface area contributed by atoms with E-state index in [4.69, 9.17) is 4.74 Å². The van der Waals surface area contributed by atoms with Gasteiger partial charge in [0.05, 0.1) is 17.0 Å². The van der Waals surface area contributed by atoms with Crippen LogP contribution in [-0.4, -0.2) is 44.7 Å². The maximum absolute atomic E-state index is 14.0. The number of carbonyl (C=O) groups is 2. The molecule has 1 N–H and O–H groups in total. The number of benzene rings is 2. The third-order valence-corrected chi connectivity index (χ3v) is 7.77. The topological polar surface area (TPSA) is 102 Å². The van der Waals surface area contributed by atoms with Crippen LogP contribution in [0, 0.1) is 0 Å². The van der Waals surface area contributed by atoms with E-state index in [2.05, 4.69) is 20.7 Å². The summed E-state index contributed by atoms with van der Waals surface area (Å²) in [6, 6.07) is 13.2. The van der Waals surface area contributed by atoms with Crippen LogP contribution < -0.4 is 15.0 Å². The number of thiophene rings is 1.